The Hall–Kier alpha value is -3.91. The number of hydrogen-bond acceptors (Lipinski definition) is 7. The second-order valence-electron chi connectivity index (χ2n) is 7.97. The van der Waals surface area contributed by atoms with Gasteiger partial charge in [0, 0.05) is 5.56 Å². The molecule has 1 aliphatic rings. The van der Waals surface area contributed by atoms with Gasteiger partial charge in [-0.3, -0.25) is 14.5 Å². The number of aromatic nitrogens is 1. The van der Waals surface area contributed by atoms with E-state index in [0.29, 0.717) is 22.2 Å². The Morgan fingerprint density at radius 2 is 2.00 bits per heavy atom. The largest absolute Gasteiger partial charge is 0.503 e. The number of aliphatic hydroxyl groups is 1. The van der Waals surface area contributed by atoms with Gasteiger partial charge in [-0.1, -0.05) is 42.5 Å². The fourth-order valence-electron chi connectivity index (χ4n) is 4.19. The molecule has 1 amide bonds. The summed E-state index contributed by atoms with van der Waals surface area (Å²) in [5, 5.41) is 11.3. The van der Waals surface area contributed by atoms with Gasteiger partial charge in [0.15, 0.2) is 16.7 Å². The van der Waals surface area contributed by atoms with Crippen molar-refractivity contribution in [1.82, 2.24) is 4.98 Å². The van der Waals surface area contributed by atoms with Crippen molar-refractivity contribution in [3.8, 4) is 5.75 Å². The number of carbonyl (C=O) groups excluding carboxylic acids is 2. The molecule has 1 atom stereocenters. The van der Waals surface area contributed by atoms with E-state index in [1.165, 1.54) is 29.4 Å². The first-order chi connectivity index (χ1) is 16.4. The average molecular weight is 475 g/mol. The molecule has 0 unspecified atom stereocenters. The van der Waals surface area contributed by atoms with E-state index in [1.807, 2.05) is 18.2 Å². The van der Waals surface area contributed by atoms with E-state index in [-0.39, 0.29) is 11.3 Å². The molecule has 0 aliphatic carbocycles. The van der Waals surface area contributed by atoms with Crippen molar-refractivity contribution in [3.63, 3.8) is 0 Å². The second-order valence-corrected chi connectivity index (χ2v) is 8.98. The molecule has 2 aromatic carbocycles. The number of ketones is 1. The summed E-state index contributed by atoms with van der Waals surface area (Å²) in [6.07, 6.45) is 0.874. The highest BCUT2D eigenvalue weighted by Crippen LogP contribution is 2.46. The number of aryl methyl sites for hydroxylation is 2. The maximum atomic E-state index is 13.5. The summed E-state index contributed by atoms with van der Waals surface area (Å²) in [6.45, 7) is 3.79. The highest BCUT2D eigenvalue weighted by molar-refractivity contribution is 7.22. The molecule has 0 saturated carbocycles. The van der Waals surface area contributed by atoms with E-state index in [0.717, 1.165) is 22.2 Å². The Labute approximate surface area is 199 Å². The number of furan rings is 1. The lowest BCUT2D eigenvalue weighted by Crippen LogP contribution is -2.31. The van der Waals surface area contributed by atoms with Crippen molar-refractivity contribution in [2.24, 2.45) is 0 Å². The molecule has 1 N–H and O–H groups in total. The number of carbonyl (C=O) groups is 2. The lowest BCUT2D eigenvalue weighted by atomic mass is 9.94. The Balaban J connectivity index is 1.70. The summed E-state index contributed by atoms with van der Waals surface area (Å²) in [5.74, 6) is -0.801. The molecule has 5 rings (SSSR count). The quantitative estimate of drug-likeness (QED) is 0.368. The number of hydrogen-bond donors (Lipinski definition) is 1. The average Bonchev–Trinajstić information content (AvgIpc) is 3.54. The van der Waals surface area contributed by atoms with Gasteiger partial charge in [-0.2, -0.15) is 0 Å². The molecule has 2 aromatic heterocycles. The number of nitrogens with zero attached hydrogens (tertiary/aromatic N) is 2. The second kappa shape index (κ2) is 8.46. The number of anilines is 1. The third-order valence-electron chi connectivity index (χ3n) is 5.91. The van der Waals surface area contributed by atoms with Crippen LogP contribution in [0.2, 0.25) is 0 Å². The molecule has 8 heteroatoms. The van der Waals surface area contributed by atoms with Crippen molar-refractivity contribution in [3.05, 3.63) is 88.6 Å². The van der Waals surface area contributed by atoms with Crippen molar-refractivity contribution in [2.75, 3.05) is 12.0 Å². The predicted octanol–water partition coefficient (Wildman–Crippen LogP) is 5.55. The van der Waals surface area contributed by atoms with Gasteiger partial charge in [0.1, 0.15) is 17.6 Å². The van der Waals surface area contributed by atoms with Crippen molar-refractivity contribution >= 4 is 38.4 Å². The zero-order valence-corrected chi connectivity index (χ0v) is 19.7. The summed E-state index contributed by atoms with van der Waals surface area (Å²) in [5.41, 5.74) is 2.38. The molecule has 3 heterocycles. The predicted molar refractivity (Wildman–Crippen MR) is 130 cm³/mol. The maximum Gasteiger partial charge on any atom is 0.296 e. The summed E-state index contributed by atoms with van der Waals surface area (Å²) < 4.78 is 12.0. The molecule has 172 valence electrons. The minimum absolute atomic E-state index is 0.0467. The number of benzene rings is 2. The summed E-state index contributed by atoms with van der Waals surface area (Å²) in [6, 6.07) is 15.3. The van der Waals surface area contributed by atoms with Crippen LogP contribution in [0.25, 0.3) is 10.2 Å². The van der Waals surface area contributed by atoms with Crippen molar-refractivity contribution in [1.29, 1.82) is 0 Å². The fourth-order valence-corrected chi connectivity index (χ4v) is 5.25. The molecule has 4 aromatic rings. The van der Waals surface area contributed by atoms with Gasteiger partial charge < -0.3 is 14.3 Å². The van der Waals surface area contributed by atoms with E-state index < -0.39 is 23.5 Å². The Kier molecular flexibility index (Phi) is 5.45. The van der Waals surface area contributed by atoms with E-state index >= 15 is 0 Å². The molecule has 34 heavy (non-hydrogen) atoms. The third-order valence-corrected chi connectivity index (χ3v) is 6.92. The zero-order chi connectivity index (χ0) is 24.0. The molecule has 0 radical (unpaired) electrons. The first-order valence-corrected chi connectivity index (χ1v) is 11.6. The number of ether oxygens (including phenoxy) is 1. The van der Waals surface area contributed by atoms with Crippen LogP contribution < -0.4 is 9.64 Å². The van der Waals surface area contributed by atoms with E-state index in [2.05, 4.69) is 11.9 Å². The molecule has 0 spiro atoms. The van der Waals surface area contributed by atoms with Gasteiger partial charge in [0.25, 0.3) is 5.91 Å². The van der Waals surface area contributed by atoms with E-state index in [4.69, 9.17) is 9.15 Å². The van der Waals surface area contributed by atoms with Crippen LogP contribution in [0.5, 0.6) is 5.75 Å². The number of para-hydroxylation sites is 1. The van der Waals surface area contributed by atoms with Crippen LogP contribution in [0.3, 0.4) is 0 Å². The summed E-state index contributed by atoms with van der Waals surface area (Å²) >= 11 is 1.34. The number of thiazole rings is 1. The summed E-state index contributed by atoms with van der Waals surface area (Å²) in [7, 11) is 1.52. The van der Waals surface area contributed by atoms with Crippen molar-refractivity contribution < 1.29 is 23.8 Å². The monoisotopic (exact) mass is 474 g/mol. The van der Waals surface area contributed by atoms with Gasteiger partial charge in [-0.05, 0) is 49.2 Å². The van der Waals surface area contributed by atoms with Crippen LogP contribution in [-0.2, 0) is 11.2 Å². The zero-order valence-electron chi connectivity index (χ0n) is 18.9. The lowest BCUT2D eigenvalue weighted by molar-refractivity contribution is -0.117. The third kappa shape index (κ3) is 3.47. The van der Waals surface area contributed by atoms with Crippen LogP contribution >= 0.6 is 11.3 Å². The van der Waals surface area contributed by atoms with Crippen LogP contribution in [0.1, 0.15) is 40.4 Å². The van der Waals surface area contributed by atoms with E-state index in [9.17, 15) is 14.7 Å². The lowest BCUT2D eigenvalue weighted by Gasteiger charge is -2.25. The number of amides is 1. The molecule has 0 saturated heterocycles. The number of aliphatic hydroxyl groups excluding tert-OH is 1. The number of methoxy groups -OCH3 is 1. The minimum atomic E-state index is -0.937. The van der Waals surface area contributed by atoms with Gasteiger partial charge >= 0.3 is 0 Å². The Morgan fingerprint density at radius 1 is 1.21 bits per heavy atom. The molecule has 0 fully saturated rings. The highest BCUT2D eigenvalue weighted by atomic mass is 32.1. The van der Waals surface area contributed by atoms with Crippen LogP contribution in [0.15, 0.2) is 70.3 Å². The van der Waals surface area contributed by atoms with Crippen LogP contribution in [-0.4, -0.2) is 28.9 Å². The maximum absolute atomic E-state index is 13.5. The Morgan fingerprint density at radius 3 is 2.71 bits per heavy atom. The molecule has 1 aliphatic heterocycles. The minimum Gasteiger partial charge on any atom is -0.503 e. The number of rotatable bonds is 6. The van der Waals surface area contributed by atoms with Crippen LogP contribution in [0, 0.1) is 6.92 Å². The van der Waals surface area contributed by atoms with Gasteiger partial charge in [0.05, 0.1) is 22.9 Å². The normalized spacial score (nSPS) is 16.0. The topological polar surface area (TPSA) is 92.9 Å². The number of Topliss-reactive ketones (excluding diaryl/α,β-unsaturated/α-hetero) is 1. The van der Waals surface area contributed by atoms with E-state index in [1.54, 1.807) is 37.3 Å². The number of fused-ring (bicyclic) bond motifs is 1. The van der Waals surface area contributed by atoms with Gasteiger partial charge in [-0.25, -0.2) is 4.98 Å². The molecule has 7 nitrogen and oxygen atoms in total. The first-order valence-electron chi connectivity index (χ1n) is 10.8. The van der Waals surface area contributed by atoms with Gasteiger partial charge in [0.2, 0.25) is 5.78 Å². The standard InChI is InChI=1S/C26H22N2O5S/c1-4-15-10-11-17-20(13-15)34-26(27-17)28-22(16-7-5-6-8-18(16)32-3)21(24(30)25(28)31)23(29)19-12-9-14(2)33-19/h5-13,22,30H,4H2,1-3H3/t22-/m0/s1. The SMILES string of the molecule is CCc1ccc2nc(N3C(=O)C(O)=C(C(=O)c4ccc(C)o4)[C@@H]3c3ccccc3OC)sc2c1. The smallest absolute Gasteiger partial charge is 0.296 e. The molecular weight excluding hydrogens is 452 g/mol. The van der Waals surface area contributed by atoms with Gasteiger partial charge in [-0.15, -0.1) is 0 Å². The fraction of sp³-hybridized carbons (Fsp3) is 0.192. The molecule has 0 bridgehead atoms. The first kappa shape index (κ1) is 21.9. The van der Waals surface area contributed by atoms with Crippen molar-refractivity contribution in [2.45, 2.75) is 26.3 Å². The summed E-state index contributed by atoms with van der Waals surface area (Å²) in [4.78, 5) is 32.9. The molecular formula is C26H22N2O5S. The Bertz CT molecular complexity index is 1460. The van der Waals surface area contributed by atoms with Crippen LogP contribution in [0.4, 0.5) is 5.13 Å². The highest BCUT2D eigenvalue weighted by Gasteiger charge is 2.47.